The monoisotopic (exact) mass is 671 g/mol. The fraction of sp³-hybridized carbons (Fsp3) is 1.00. The van der Waals surface area contributed by atoms with Crippen molar-refractivity contribution in [2.45, 2.75) is 232 Å². The van der Waals surface area contributed by atoms with E-state index < -0.39 is 11.2 Å². The highest BCUT2D eigenvalue weighted by atomic mass is 16.7. The van der Waals surface area contributed by atoms with E-state index in [0.29, 0.717) is 13.2 Å². The lowest BCUT2D eigenvalue weighted by molar-refractivity contribution is -0.311. The van der Waals surface area contributed by atoms with E-state index in [1.165, 1.54) is 180 Å². The maximum absolute atomic E-state index is 10.1. The first kappa shape index (κ1) is 46.8. The van der Waals surface area contributed by atoms with Crippen molar-refractivity contribution in [2.75, 3.05) is 33.0 Å². The summed E-state index contributed by atoms with van der Waals surface area (Å²) in [4.78, 5) is 0. The van der Waals surface area contributed by atoms with Crippen LogP contribution in [0.1, 0.15) is 226 Å². The van der Waals surface area contributed by atoms with Gasteiger partial charge in [-0.2, -0.15) is 0 Å². The Labute approximate surface area is 294 Å². The zero-order valence-electron chi connectivity index (χ0n) is 32.3. The van der Waals surface area contributed by atoms with Gasteiger partial charge in [-0.25, -0.2) is 0 Å². The summed E-state index contributed by atoms with van der Waals surface area (Å²) in [6.07, 6.45) is 42.4. The lowest BCUT2D eigenvalue weighted by Crippen LogP contribution is -2.57. The quantitative estimate of drug-likeness (QED) is 0.0446. The molecule has 0 aromatic carbocycles. The van der Waals surface area contributed by atoms with Gasteiger partial charge in [0.2, 0.25) is 0 Å². The summed E-state index contributed by atoms with van der Waals surface area (Å²) >= 11 is 0. The van der Waals surface area contributed by atoms with Gasteiger partial charge in [-0.1, -0.05) is 206 Å². The van der Waals surface area contributed by atoms with Crippen LogP contribution in [-0.4, -0.2) is 54.1 Å². The normalized spacial score (nSPS) is 12.4. The fourth-order valence-electron chi connectivity index (χ4n) is 6.76. The van der Waals surface area contributed by atoms with E-state index in [-0.39, 0.29) is 19.8 Å². The predicted octanol–water partition coefficient (Wildman–Crippen LogP) is 12.2. The van der Waals surface area contributed by atoms with E-state index >= 15 is 0 Å². The molecule has 0 heterocycles. The molecule has 0 amide bonds. The van der Waals surface area contributed by atoms with Crippen LogP contribution in [0.3, 0.4) is 0 Å². The maximum Gasteiger partial charge on any atom is 0.177 e. The second kappa shape index (κ2) is 35.6. The molecule has 0 fully saturated rings. The molecule has 0 rings (SSSR count). The highest BCUT2D eigenvalue weighted by Crippen LogP contribution is 2.36. The summed E-state index contributed by atoms with van der Waals surface area (Å²) < 4.78 is 12.4. The highest BCUT2D eigenvalue weighted by molar-refractivity contribution is 4.91. The first-order valence-corrected chi connectivity index (χ1v) is 21.2. The largest absolute Gasteiger partial charge is 0.395 e. The maximum atomic E-state index is 10.1. The second-order valence-corrected chi connectivity index (χ2v) is 15.0. The molecule has 0 atom stereocenters. The minimum Gasteiger partial charge on any atom is -0.395 e. The Kier molecular flexibility index (Phi) is 35.5. The van der Waals surface area contributed by atoms with Crippen LogP contribution in [0.15, 0.2) is 0 Å². The molecule has 0 spiro atoms. The number of aliphatic hydroxyl groups excluding tert-OH is 3. The first-order valence-electron chi connectivity index (χ1n) is 21.2. The summed E-state index contributed by atoms with van der Waals surface area (Å²) in [5, 5.41) is 30.4. The first-order chi connectivity index (χ1) is 23.1. The lowest BCUT2D eigenvalue weighted by atomic mass is 9.81. The fourth-order valence-corrected chi connectivity index (χ4v) is 6.76. The molecule has 0 unspecified atom stereocenters. The average Bonchev–Trinajstić information content (AvgIpc) is 3.08. The number of ether oxygens (including phenoxy) is 2. The Balaban J connectivity index is 3.94. The van der Waals surface area contributed by atoms with Gasteiger partial charge in [-0.05, 0) is 19.8 Å². The van der Waals surface area contributed by atoms with Crippen LogP contribution < -0.4 is 0 Å². The van der Waals surface area contributed by atoms with Crippen LogP contribution in [0.25, 0.3) is 0 Å². The van der Waals surface area contributed by atoms with Gasteiger partial charge in [0.05, 0.1) is 38.4 Å². The molecule has 3 N–H and O–H groups in total. The van der Waals surface area contributed by atoms with Crippen LogP contribution in [0.5, 0.6) is 0 Å². The van der Waals surface area contributed by atoms with Crippen LogP contribution in [0, 0.1) is 5.41 Å². The Bertz CT molecular complexity index is 547. The van der Waals surface area contributed by atoms with Crippen molar-refractivity contribution in [1.29, 1.82) is 0 Å². The molecule has 0 radical (unpaired) electrons. The minimum atomic E-state index is -1.23. The average molecular weight is 671 g/mol. The van der Waals surface area contributed by atoms with E-state index in [1.807, 2.05) is 0 Å². The van der Waals surface area contributed by atoms with Crippen molar-refractivity contribution in [3.05, 3.63) is 0 Å². The third-order valence-electron chi connectivity index (χ3n) is 10.6. The van der Waals surface area contributed by atoms with E-state index in [4.69, 9.17) is 9.47 Å². The predicted molar refractivity (Wildman–Crippen MR) is 203 cm³/mol. The van der Waals surface area contributed by atoms with Crippen molar-refractivity contribution in [3.8, 4) is 0 Å². The molecule has 0 aliphatic heterocycles. The molecule has 0 aromatic heterocycles. The second-order valence-electron chi connectivity index (χ2n) is 15.0. The molecule has 0 aliphatic rings. The molecule has 0 saturated carbocycles. The lowest BCUT2D eigenvalue weighted by Gasteiger charge is -2.44. The zero-order valence-corrected chi connectivity index (χ0v) is 32.3. The van der Waals surface area contributed by atoms with Crippen molar-refractivity contribution in [1.82, 2.24) is 0 Å². The molecule has 0 aromatic rings. The van der Waals surface area contributed by atoms with E-state index in [0.717, 1.165) is 25.7 Å². The molecular weight excluding hydrogens is 584 g/mol. The number of hydrogen-bond acceptors (Lipinski definition) is 5. The third-order valence-corrected chi connectivity index (χ3v) is 10.6. The summed E-state index contributed by atoms with van der Waals surface area (Å²) in [7, 11) is 0. The molecule has 0 bridgehead atoms. The van der Waals surface area contributed by atoms with E-state index in [2.05, 4.69) is 13.8 Å². The number of hydrogen-bond donors (Lipinski definition) is 3. The van der Waals surface area contributed by atoms with Crippen molar-refractivity contribution >= 4 is 0 Å². The molecule has 47 heavy (non-hydrogen) atoms. The SMILES string of the molecule is CCCCCCCCCCCCCCCCCCOC(C)(OCCCCCCCCCCCCCCCCCC)C(CO)(CO)CO. The Morgan fingerprint density at radius 2 is 0.511 bits per heavy atom. The van der Waals surface area contributed by atoms with Gasteiger partial charge in [-0.3, -0.25) is 0 Å². The number of aliphatic hydroxyl groups is 3. The van der Waals surface area contributed by atoms with Crippen LogP contribution in [-0.2, 0) is 9.47 Å². The van der Waals surface area contributed by atoms with Crippen LogP contribution in [0.4, 0.5) is 0 Å². The third kappa shape index (κ3) is 26.3. The van der Waals surface area contributed by atoms with E-state index in [9.17, 15) is 15.3 Å². The number of unbranched alkanes of at least 4 members (excludes halogenated alkanes) is 30. The van der Waals surface area contributed by atoms with Gasteiger partial charge in [0.1, 0.15) is 0 Å². The van der Waals surface area contributed by atoms with Crippen molar-refractivity contribution in [3.63, 3.8) is 0 Å². The molecule has 5 heteroatoms. The molecule has 0 saturated heterocycles. The van der Waals surface area contributed by atoms with Gasteiger partial charge in [0.15, 0.2) is 5.79 Å². The van der Waals surface area contributed by atoms with Crippen LogP contribution >= 0.6 is 0 Å². The van der Waals surface area contributed by atoms with Gasteiger partial charge in [0.25, 0.3) is 0 Å². The Hall–Kier alpha value is -0.200. The van der Waals surface area contributed by atoms with Gasteiger partial charge in [0, 0.05) is 0 Å². The topological polar surface area (TPSA) is 79.2 Å². The van der Waals surface area contributed by atoms with Gasteiger partial charge in [-0.15, -0.1) is 0 Å². The summed E-state index contributed by atoms with van der Waals surface area (Å²) in [5.74, 6) is -1.21. The summed E-state index contributed by atoms with van der Waals surface area (Å²) in [6, 6.07) is 0. The van der Waals surface area contributed by atoms with Crippen LogP contribution in [0.2, 0.25) is 0 Å². The standard InChI is InChI=1S/C42H86O5/c1-4-6-8-10-12-14-16-18-20-22-24-26-28-30-32-34-36-46-41(3,42(38-43,39-44)40-45)47-37-35-33-31-29-27-25-23-21-19-17-15-13-11-9-7-5-2/h43-45H,4-40H2,1-3H3. The zero-order chi connectivity index (χ0) is 34.6. The minimum absolute atomic E-state index is 0.381. The van der Waals surface area contributed by atoms with E-state index in [1.54, 1.807) is 6.92 Å². The highest BCUT2D eigenvalue weighted by Gasteiger charge is 2.50. The summed E-state index contributed by atoms with van der Waals surface area (Å²) in [5.41, 5.74) is -1.23. The molecule has 5 nitrogen and oxygen atoms in total. The smallest absolute Gasteiger partial charge is 0.177 e. The molecular formula is C42H86O5. The van der Waals surface area contributed by atoms with Crippen molar-refractivity contribution in [2.24, 2.45) is 5.41 Å². The number of rotatable bonds is 40. The van der Waals surface area contributed by atoms with Gasteiger partial charge < -0.3 is 24.8 Å². The molecule has 284 valence electrons. The van der Waals surface area contributed by atoms with Crippen molar-refractivity contribution < 1.29 is 24.8 Å². The molecule has 0 aliphatic carbocycles. The van der Waals surface area contributed by atoms with Gasteiger partial charge >= 0.3 is 0 Å². The Morgan fingerprint density at radius 1 is 0.319 bits per heavy atom. The summed E-state index contributed by atoms with van der Waals surface area (Å²) in [6.45, 7) is 6.23. The Morgan fingerprint density at radius 3 is 0.702 bits per heavy atom.